The van der Waals surface area contributed by atoms with E-state index >= 15 is 0 Å². The summed E-state index contributed by atoms with van der Waals surface area (Å²) in [5.41, 5.74) is 2.09. The molecule has 0 aliphatic heterocycles. The molecule has 0 aromatic heterocycles. The summed E-state index contributed by atoms with van der Waals surface area (Å²) in [5.74, 6) is 0.322. The second-order valence-corrected chi connectivity index (χ2v) is 5.56. The molecule has 0 saturated carbocycles. The highest BCUT2D eigenvalue weighted by Crippen LogP contribution is 2.19. The molecule has 0 atom stereocenters. The maximum atomic E-state index is 12.3. The van der Waals surface area contributed by atoms with Crippen LogP contribution in [0.15, 0.2) is 78.9 Å². The van der Waals surface area contributed by atoms with Crippen LogP contribution in [0.5, 0.6) is 5.75 Å². The lowest BCUT2D eigenvalue weighted by Gasteiger charge is -2.09. The third-order valence-corrected chi connectivity index (χ3v) is 3.67. The number of nitrogens with one attached hydrogen (secondary N) is 1. The van der Waals surface area contributed by atoms with Gasteiger partial charge in [0.05, 0.1) is 4.92 Å². The van der Waals surface area contributed by atoms with Crippen LogP contribution >= 0.6 is 0 Å². The van der Waals surface area contributed by atoms with E-state index in [9.17, 15) is 14.9 Å². The second kappa shape index (κ2) is 7.94. The highest BCUT2D eigenvalue weighted by molar-refractivity contribution is 6.04. The Bertz CT molecular complexity index is 909. The maximum absolute atomic E-state index is 12.3. The fraction of sp³-hybridized carbons (Fsp3) is 0.0500. The van der Waals surface area contributed by atoms with E-state index in [0.717, 1.165) is 11.3 Å². The van der Waals surface area contributed by atoms with Gasteiger partial charge < -0.3 is 10.1 Å². The summed E-state index contributed by atoms with van der Waals surface area (Å²) in [5, 5.41) is 13.5. The predicted octanol–water partition coefficient (Wildman–Crippen LogP) is 4.43. The monoisotopic (exact) mass is 348 g/mol. The van der Waals surface area contributed by atoms with Crippen molar-refractivity contribution in [1.82, 2.24) is 0 Å². The van der Waals surface area contributed by atoms with E-state index in [1.807, 2.05) is 36.4 Å². The molecule has 0 saturated heterocycles. The van der Waals surface area contributed by atoms with Crippen molar-refractivity contribution in [2.24, 2.45) is 0 Å². The SMILES string of the molecule is O=C(Nc1ccccc1)c1cccc(COc2ccc([N+](=O)[O-])cc2)c1. The molecule has 0 fully saturated rings. The molecular formula is C20H16N2O4. The molecule has 130 valence electrons. The fourth-order valence-corrected chi connectivity index (χ4v) is 2.36. The summed E-state index contributed by atoms with van der Waals surface area (Å²) in [6, 6.07) is 22.2. The van der Waals surface area contributed by atoms with Crippen molar-refractivity contribution in [2.75, 3.05) is 5.32 Å². The van der Waals surface area contributed by atoms with Crippen LogP contribution in [0.4, 0.5) is 11.4 Å². The third kappa shape index (κ3) is 4.45. The lowest BCUT2D eigenvalue weighted by Crippen LogP contribution is -2.12. The number of hydrogen-bond acceptors (Lipinski definition) is 4. The first kappa shape index (κ1) is 17.2. The molecule has 0 spiro atoms. The molecule has 3 aromatic carbocycles. The highest BCUT2D eigenvalue weighted by Gasteiger charge is 2.08. The van der Waals surface area contributed by atoms with Crippen LogP contribution in [-0.2, 0) is 6.61 Å². The first-order valence-corrected chi connectivity index (χ1v) is 7.94. The van der Waals surface area contributed by atoms with Crippen molar-refractivity contribution in [3.63, 3.8) is 0 Å². The van der Waals surface area contributed by atoms with Crippen LogP contribution in [-0.4, -0.2) is 10.8 Å². The van der Waals surface area contributed by atoms with Crippen LogP contribution in [0.2, 0.25) is 0 Å². The molecule has 0 unspecified atom stereocenters. The predicted molar refractivity (Wildman–Crippen MR) is 98.3 cm³/mol. The van der Waals surface area contributed by atoms with E-state index in [1.54, 1.807) is 30.3 Å². The van der Waals surface area contributed by atoms with E-state index in [0.29, 0.717) is 11.3 Å². The normalized spacial score (nSPS) is 10.2. The van der Waals surface area contributed by atoms with E-state index in [4.69, 9.17) is 4.74 Å². The van der Waals surface area contributed by atoms with Crippen molar-refractivity contribution in [1.29, 1.82) is 0 Å². The standard InChI is InChI=1S/C20H16N2O4/c23-20(21-17-7-2-1-3-8-17)16-6-4-5-15(13-16)14-26-19-11-9-18(10-12-19)22(24)25/h1-13H,14H2,(H,21,23). The Balaban J connectivity index is 1.63. The molecule has 1 N–H and O–H groups in total. The van der Waals surface area contributed by atoms with E-state index in [-0.39, 0.29) is 18.2 Å². The van der Waals surface area contributed by atoms with Gasteiger partial charge >= 0.3 is 0 Å². The zero-order valence-corrected chi connectivity index (χ0v) is 13.8. The zero-order chi connectivity index (χ0) is 18.4. The molecular weight excluding hydrogens is 332 g/mol. The number of anilines is 1. The summed E-state index contributed by atoms with van der Waals surface area (Å²) < 4.78 is 5.63. The lowest BCUT2D eigenvalue weighted by atomic mass is 10.1. The van der Waals surface area contributed by atoms with Crippen molar-refractivity contribution in [3.05, 3.63) is 100 Å². The van der Waals surface area contributed by atoms with E-state index < -0.39 is 4.92 Å². The summed E-state index contributed by atoms with van der Waals surface area (Å²) in [6.45, 7) is 0.254. The Morgan fingerprint density at radius 3 is 2.38 bits per heavy atom. The number of para-hydroxylation sites is 1. The molecule has 3 aromatic rings. The van der Waals surface area contributed by atoms with Gasteiger partial charge in [-0.3, -0.25) is 14.9 Å². The number of hydrogen-bond donors (Lipinski definition) is 1. The van der Waals surface area contributed by atoms with Crippen LogP contribution in [0, 0.1) is 10.1 Å². The number of amides is 1. The Morgan fingerprint density at radius 2 is 1.69 bits per heavy atom. The summed E-state index contributed by atoms with van der Waals surface area (Å²) in [6.07, 6.45) is 0. The van der Waals surface area contributed by atoms with Crippen LogP contribution < -0.4 is 10.1 Å². The fourth-order valence-electron chi connectivity index (χ4n) is 2.36. The van der Waals surface area contributed by atoms with Crippen molar-refractivity contribution in [3.8, 4) is 5.75 Å². The number of non-ortho nitro benzene ring substituents is 1. The average molecular weight is 348 g/mol. The topological polar surface area (TPSA) is 81.5 Å². The molecule has 6 heteroatoms. The Labute approximate surface area is 150 Å². The van der Waals surface area contributed by atoms with Gasteiger partial charge in [0, 0.05) is 23.4 Å². The Hall–Kier alpha value is -3.67. The Kier molecular flexibility index (Phi) is 5.24. The number of nitrogens with zero attached hydrogens (tertiary/aromatic N) is 1. The molecule has 6 nitrogen and oxygen atoms in total. The Morgan fingerprint density at radius 1 is 0.962 bits per heavy atom. The quantitative estimate of drug-likeness (QED) is 0.528. The van der Waals surface area contributed by atoms with Gasteiger partial charge in [0.15, 0.2) is 0 Å². The van der Waals surface area contributed by atoms with Crippen LogP contribution in [0.3, 0.4) is 0 Å². The molecule has 0 radical (unpaired) electrons. The van der Waals surface area contributed by atoms with E-state index in [1.165, 1.54) is 12.1 Å². The number of carbonyl (C=O) groups is 1. The second-order valence-electron chi connectivity index (χ2n) is 5.56. The summed E-state index contributed by atoms with van der Waals surface area (Å²) in [4.78, 5) is 22.5. The van der Waals surface area contributed by atoms with E-state index in [2.05, 4.69) is 5.32 Å². The number of carbonyl (C=O) groups excluding carboxylic acids is 1. The molecule has 1 amide bonds. The van der Waals surface area contributed by atoms with Crippen LogP contribution in [0.25, 0.3) is 0 Å². The highest BCUT2D eigenvalue weighted by atomic mass is 16.6. The van der Waals surface area contributed by atoms with Crippen molar-refractivity contribution < 1.29 is 14.5 Å². The summed E-state index contributed by atoms with van der Waals surface area (Å²) >= 11 is 0. The van der Waals surface area contributed by atoms with Crippen molar-refractivity contribution in [2.45, 2.75) is 6.61 Å². The average Bonchev–Trinajstić information content (AvgIpc) is 2.67. The summed E-state index contributed by atoms with van der Waals surface area (Å²) in [7, 11) is 0. The number of nitro groups is 1. The number of ether oxygens (including phenoxy) is 1. The zero-order valence-electron chi connectivity index (χ0n) is 13.8. The van der Waals surface area contributed by atoms with Gasteiger partial charge in [0.1, 0.15) is 12.4 Å². The molecule has 3 rings (SSSR count). The van der Waals surface area contributed by atoms with Gasteiger partial charge in [-0.2, -0.15) is 0 Å². The number of rotatable bonds is 6. The molecule has 0 aliphatic rings. The third-order valence-electron chi connectivity index (χ3n) is 3.67. The van der Waals surface area contributed by atoms with Gasteiger partial charge in [-0.15, -0.1) is 0 Å². The lowest BCUT2D eigenvalue weighted by molar-refractivity contribution is -0.384. The van der Waals surface area contributed by atoms with Gasteiger partial charge in [0.2, 0.25) is 0 Å². The van der Waals surface area contributed by atoms with Gasteiger partial charge in [-0.05, 0) is 42.0 Å². The minimum atomic E-state index is -0.460. The minimum absolute atomic E-state index is 0.0110. The largest absolute Gasteiger partial charge is 0.489 e. The molecule has 0 bridgehead atoms. The van der Waals surface area contributed by atoms with Gasteiger partial charge in [0.25, 0.3) is 11.6 Å². The molecule has 26 heavy (non-hydrogen) atoms. The first-order chi connectivity index (χ1) is 12.6. The van der Waals surface area contributed by atoms with Crippen molar-refractivity contribution >= 4 is 17.3 Å². The number of benzene rings is 3. The van der Waals surface area contributed by atoms with Gasteiger partial charge in [-0.1, -0.05) is 30.3 Å². The molecule has 0 aliphatic carbocycles. The smallest absolute Gasteiger partial charge is 0.269 e. The molecule has 0 heterocycles. The first-order valence-electron chi connectivity index (χ1n) is 7.94. The number of nitro benzene ring substituents is 1. The minimum Gasteiger partial charge on any atom is -0.489 e. The van der Waals surface area contributed by atoms with Gasteiger partial charge in [-0.25, -0.2) is 0 Å². The van der Waals surface area contributed by atoms with Crippen LogP contribution in [0.1, 0.15) is 15.9 Å². The maximum Gasteiger partial charge on any atom is 0.269 e.